The molecule has 0 bridgehead atoms. The predicted molar refractivity (Wildman–Crippen MR) is 78.9 cm³/mol. The fraction of sp³-hybridized carbons (Fsp3) is 0.286. The van der Waals surface area contributed by atoms with Gasteiger partial charge in [0.15, 0.2) is 5.82 Å². The van der Waals surface area contributed by atoms with Crippen molar-refractivity contribution in [1.82, 2.24) is 9.97 Å². The number of hydrogen-bond donors (Lipinski definition) is 0. The molecule has 0 aliphatic rings. The Hall–Kier alpha value is -1.33. The summed E-state index contributed by atoms with van der Waals surface area (Å²) in [6.45, 7) is 1.86. The third kappa shape index (κ3) is 3.41. The summed E-state index contributed by atoms with van der Waals surface area (Å²) < 4.78 is 19.1. The van der Waals surface area contributed by atoms with Gasteiger partial charge in [-0.1, -0.05) is 36.4 Å². The molecule has 20 heavy (non-hydrogen) atoms. The van der Waals surface area contributed by atoms with E-state index in [1.54, 1.807) is 13.2 Å². The van der Waals surface area contributed by atoms with Gasteiger partial charge in [-0.05, 0) is 24.1 Å². The third-order valence-electron chi connectivity index (χ3n) is 2.76. The Balaban J connectivity index is 2.11. The van der Waals surface area contributed by atoms with Crippen LogP contribution in [-0.4, -0.2) is 17.1 Å². The third-order valence-corrected chi connectivity index (χ3v) is 4.09. The summed E-state index contributed by atoms with van der Waals surface area (Å²) in [5, 5.41) is 0.909. The molecule has 2 rings (SSSR count). The zero-order chi connectivity index (χ0) is 14.5. The van der Waals surface area contributed by atoms with E-state index in [-0.39, 0.29) is 5.82 Å². The smallest absolute Gasteiger partial charge is 0.176 e. The van der Waals surface area contributed by atoms with Gasteiger partial charge in [-0.2, -0.15) is 0 Å². The van der Waals surface area contributed by atoms with Crippen LogP contribution >= 0.6 is 23.4 Å². The molecule has 1 heterocycles. The molecule has 0 spiro atoms. The van der Waals surface area contributed by atoms with Gasteiger partial charge in [-0.3, -0.25) is 0 Å². The van der Waals surface area contributed by atoms with Gasteiger partial charge in [0.25, 0.3) is 0 Å². The molecule has 106 valence electrons. The van der Waals surface area contributed by atoms with Crippen molar-refractivity contribution in [3.63, 3.8) is 0 Å². The first-order valence-corrected chi connectivity index (χ1v) is 7.46. The van der Waals surface area contributed by atoms with Gasteiger partial charge in [0.2, 0.25) is 0 Å². The summed E-state index contributed by atoms with van der Waals surface area (Å²) in [6.07, 6.45) is 1.95. The van der Waals surface area contributed by atoms with Crippen molar-refractivity contribution in [2.75, 3.05) is 7.11 Å². The fourth-order valence-electron chi connectivity index (χ4n) is 1.69. The van der Waals surface area contributed by atoms with Gasteiger partial charge >= 0.3 is 0 Å². The second kappa shape index (κ2) is 6.90. The molecule has 0 saturated heterocycles. The van der Waals surface area contributed by atoms with Crippen LogP contribution in [0.1, 0.15) is 18.2 Å². The molecule has 1 aromatic heterocycles. The normalized spacial score (nSPS) is 10.6. The van der Waals surface area contributed by atoms with Gasteiger partial charge in [-0.15, -0.1) is 0 Å². The van der Waals surface area contributed by atoms with Crippen molar-refractivity contribution in [3.05, 3.63) is 46.6 Å². The van der Waals surface area contributed by atoms with E-state index in [1.807, 2.05) is 19.1 Å². The molecule has 0 amide bonds. The standard InChI is InChI=1S/C14H14ClFN2OS/c1-3-11-13(16)14(18-8-17-11)20-7-9-4-5-12(19-2)10(15)6-9/h4-6,8H,3,7H2,1-2H3. The maximum atomic E-state index is 14.0. The maximum Gasteiger partial charge on any atom is 0.176 e. The number of thioether (sulfide) groups is 1. The van der Waals surface area contributed by atoms with Crippen LogP contribution in [0.2, 0.25) is 5.02 Å². The van der Waals surface area contributed by atoms with Crippen LogP contribution in [0.25, 0.3) is 0 Å². The van der Waals surface area contributed by atoms with E-state index in [2.05, 4.69) is 9.97 Å². The summed E-state index contributed by atoms with van der Waals surface area (Å²) in [5.41, 5.74) is 1.42. The summed E-state index contributed by atoms with van der Waals surface area (Å²) in [5.74, 6) is 0.877. The van der Waals surface area contributed by atoms with E-state index in [4.69, 9.17) is 16.3 Å². The number of halogens is 2. The van der Waals surface area contributed by atoms with Crippen LogP contribution in [0, 0.1) is 5.82 Å². The molecule has 1 aromatic carbocycles. The molecule has 0 radical (unpaired) electrons. The summed E-state index contributed by atoms with van der Waals surface area (Å²) in [4.78, 5) is 7.89. The first kappa shape index (κ1) is 15.1. The van der Waals surface area contributed by atoms with E-state index >= 15 is 0 Å². The van der Waals surface area contributed by atoms with Gasteiger partial charge in [0.05, 0.1) is 17.8 Å². The molecule has 0 fully saturated rings. The molecule has 0 saturated carbocycles. The highest BCUT2D eigenvalue weighted by molar-refractivity contribution is 7.98. The molecule has 3 nitrogen and oxygen atoms in total. The second-order valence-electron chi connectivity index (χ2n) is 4.05. The van der Waals surface area contributed by atoms with E-state index in [1.165, 1.54) is 18.1 Å². The van der Waals surface area contributed by atoms with Crippen molar-refractivity contribution in [3.8, 4) is 5.75 Å². The van der Waals surface area contributed by atoms with E-state index in [0.717, 1.165) is 5.56 Å². The van der Waals surface area contributed by atoms with E-state index in [0.29, 0.717) is 33.7 Å². The molecule has 6 heteroatoms. The number of ether oxygens (including phenoxy) is 1. The van der Waals surface area contributed by atoms with Crippen molar-refractivity contribution in [1.29, 1.82) is 0 Å². The van der Waals surface area contributed by atoms with Crippen LogP contribution in [0.4, 0.5) is 4.39 Å². The Morgan fingerprint density at radius 2 is 2.15 bits per heavy atom. The Kier molecular flexibility index (Phi) is 5.20. The van der Waals surface area contributed by atoms with Crippen molar-refractivity contribution >= 4 is 23.4 Å². The van der Waals surface area contributed by atoms with Crippen molar-refractivity contribution in [2.24, 2.45) is 0 Å². The lowest BCUT2D eigenvalue weighted by Gasteiger charge is -2.07. The molecular weight excluding hydrogens is 299 g/mol. The Labute approximate surface area is 126 Å². The maximum absolute atomic E-state index is 14.0. The number of benzene rings is 1. The SMILES string of the molecule is CCc1ncnc(SCc2ccc(OC)c(Cl)c2)c1F. The summed E-state index contributed by atoms with van der Waals surface area (Å²) >= 11 is 7.38. The highest BCUT2D eigenvalue weighted by Gasteiger charge is 2.10. The molecule has 0 aliphatic carbocycles. The van der Waals surface area contributed by atoms with Crippen LogP contribution in [-0.2, 0) is 12.2 Å². The zero-order valence-electron chi connectivity index (χ0n) is 11.2. The average Bonchev–Trinajstić information content (AvgIpc) is 2.46. The van der Waals surface area contributed by atoms with E-state index in [9.17, 15) is 4.39 Å². The van der Waals surface area contributed by atoms with Gasteiger partial charge < -0.3 is 4.74 Å². The molecule has 0 aliphatic heterocycles. The van der Waals surface area contributed by atoms with Gasteiger partial charge in [-0.25, -0.2) is 14.4 Å². The number of hydrogen-bond acceptors (Lipinski definition) is 4. The first-order valence-electron chi connectivity index (χ1n) is 6.10. The van der Waals surface area contributed by atoms with E-state index < -0.39 is 0 Å². The van der Waals surface area contributed by atoms with Crippen LogP contribution in [0.5, 0.6) is 5.75 Å². The minimum Gasteiger partial charge on any atom is -0.495 e. The molecule has 2 aromatic rings. The summed E-state index contributed by atoms with van der Waals surface area (Å²) in [7, 11) is 1.57. The minimum absolute atomic E-state index is 0.334. The quantitative estimate of drug-likeness (QED) is 0.614. The minimum atomic E-state index is -0.334. The Morgan fingerprint density at radius 3 is 2.80 bits per heavy atom. The predicted octanol–water partition coefficient (Wildman–Crippen LogP) is 4.13. The number of rotatable bonds is 5. The monoisotopic (exact) mass is 312 g/mol. The number of aromatic nitrogens is 2. The average molecular weight is 313 g/mol. The molecule has 0 atom stereocenters. The summed E-state index contributed by atoms with van der Waals surface area (Å²) in [6, 6.07) is 5.51. The largest absolute Gasteiger partial charge is 0.495 e. The first-order chi connectivity index (χ1) is 9.65. The zero-order valence-corrected chi connectivity index (χ0v) is 12.8. The lowest BCUT2D eigenvalue weighted by molar-refractivity contribution is 0.415. The highest BCUT2D eigenvalue weighted by atomic mass is 35.5. The van der Waals surface area contributed by atoms with Crippen LogP contribution < -0.4 is 4.74 Å². The number of methoxy groups -OCH3 is 1. The molecule has 0 unspecified atom stereocenters. The fourth-order valence-corrected chi connectivity index (χ4v) is 2.82. The molecule has 0 N–H and O–H groups in total. The Morgan fingerprint density at radius 1 is 1.35 bits per heavy atom. The Bertz CT molecular complexity index is 610. The van der Waals surface area contributed by atoms with Gasteiger partial charge in [0.1, 0.15) is 17.1 Å². The topological polar surface area (TPSA) is 35.0 Å². The lowest BCUT2D eigenvalue weighted by atomic mass is 10.2. The second-order valence-corrected chi connectivity index (χ2v) is 5.42. The number of nitrogens with zero attached hydrogens (tertiary/aromatic N) is 2. The molecular formula is C14H14ClFN2OS. The highest BCUT2D eigenvalue weighted by Crippen LogP contribution is 2.29. The lowest BCUT2D eigenvalue weighted by Crippen LogP contribution is -1.98. The van der Waals surface area contributed by atoms with Crippen molar-refractivity contribution in [2.45, 2.75) is 24.1 Å². The number of aryl methyl sites for hydroxylation is 1. The van der Waals surface area contributed by atoms with Crippen molar-refractivity contribution < 1.29 is 9.13 Å². The van der Waals surface area contributed by atoms with Crippen LogP contribution in [0.15, 0.2) is 29.6 Å². The van der Waals surface area contributed by atoms with Crippen LogP contribution in [0.3, 0.4) is 0 Å². The van der Waals surface area contributed by atoms with Gasteiger partial charge in [0, 0.05) is 5.75 Å².